The summed E-state index contributed by atoms with van der Waals surface area (Å²) in [5, 5.41) is 4.91. The van der Waals surface area contributed by atoms with E-state index in [4.69, 9.17) is 4.74 Å². The van der Waals surface area contributed by atoms with E-state index in [-0.39, 0.29) is 12.1 Å². The van der Waals surface area contributed by atoms with Crippen LogP contribution in [0.25, 0.3) is 0 Å². The third-order valence-corrected chi connectivity index (χ3v) is 3.42. The third kappa shape index (κ3) is 6.89. The molecule has 27 heavy (non-hydrogen) atoms. The Morgan fingerprint density at radius 2 is 1.67 bits per heavy atom. The van der Waals surface area contributed by atoms with Crippen molar-refractivity contribution in [3.63, 3.8) is 0 Å². The molecule has 9 heteroatoms. The van der Waals surface area contributed by atoms with E-state index in [9.17, 15) is 22.8 Å². The predicted octanol–water partition coefficient (Wildman–Crippen LogP) is 3.49. The van der Waals surface area contributed by atoms with E-state index < -0.39 is 30.2 Å². The van der Waals surface area contributed by atoms with Crippen LogP contribution in [0, 0.1) is 0 Å². The number of hydrogen-bond donors (Lipinski definition) is 2. The zero-order valence-corrected chi connectivity index (χ0v) is 14.2. The second kappa shape index (κ2) is 8.93. The fourth-order valence-corrected chi connectivity index (χ4v) is 2.25. The summed E-state index contributed by atoms with van der Waals surface area (Å²) in [5.74, 6) is -1.03. The lowest BCUT2D eigenvalue weighted by Gasteiger charge is -2.17. The van der Waals surface area contributed by atoms with E-state index >= 15 is 0 Å². The van der Waals surface area contributed by atoms with Crippen LogP contribution in [-0.2, 0) is 16.0 Å². The number of carbonyl (C=O) groups is 2. The van der Waals surface area contributed by atoms with Gasteiger partial charge in [0.05, 0.1) is 7.11 Å². The molecule has 0 fully saturated rings. The number of esters is 1. The van der Waals surface area contributed by atoms with Crippen LogP contribution in [-0.4, -0.2) is 31.5 Å². The Hall–Kier alpha value is -3.23. The van der Waals surface area contributed by atoms with E-state index in [0.29, 0.717) is 0 Å². The van der Waals surface area contributed by atoms with Gasteiger partial charge in [-0.25, -0.2) is 9.59 Å². The number of halogens is 3. The quantitative estimate of drug-likeness (QED) is 0.750. The number of carbonyl (C=O) groups excluding carboxylic acids is 2. The summed E-state index contributed by atoms with van der Waals surface area (Å²) in [6.07, 6.45) is -4.57. The van der Waals surface area contributed by atoms with E-state index in [1.54, 1.807) is 24.3 Å². The molecule has 2 aromatic carbocycles. The van der Waals surface area contributed by atoms with Gasteiger partial charge in [-0.2, -0.15) is 0 Å². The van der Waals surface area contributed by atoms with Crippen LogP contribution >= 0.6 is 0 Å². The molecule has 144 valence electrons. The predicted molar refractivity (Wildman–Crippen MR) is 91.2 cm³/mol. The number of rotatable bonds is 6. The van der Waals surface area contributed by atoms with E-state index in [1.165, 1.54) is 19.2 Å². The minimum absolute atomic E-state index is 0.222. The molecular formula is C18H17F3N2O4. The van der Waals surface area contributed by atoms with Crippen LogP contribution in [0.5, 0.6) is 5.75 Å². The lowest BCUT2D eigenvalue weighted by Crippen LogP contribution is -2.45. The Kier molecular flexibility index (Phi) is 6.64. The van der Waals surface area contributed by atoms with Crippen LogP contribution in [0.3, 0.4) is 0 Å². The zero-order valence-electron chi connectivity index (χ0n) is 14.2. The number of benzene rings is 2. The minimum atomic E-state index is -4.79. The summed E-state index contributed by atoms with van der Waals surface area (Å²) in [6, 6.07) is 12.0. The summed E-state index contributed by atoms with van der Waals surface area (Å²) in [7, 11) is 1.21. The Balaban J connectivity index is 1.97. The lowest BCUT2D eigenvalue weighted by molar-refractivity contribution is -0.274. The zero-order chi connectivity index (χ0) is 19.9. The highest BCUT2D eigenvalue weighted by Crippen LogP contribution is 2.23. The molecule has 0 aromatic heterocycles. The maximum absolute atomic E-state index is 12.1. The molecule has 0 heterocycles. The number of anilines is 1. The van der Waals surface area contributed by atoms with Crippen molar-refractivity contribution in [1.82, 2.24) is 5.32 Å². The standard InChI is InChI=1S/C18H17F3N2O4/c1-26-16(24)15(11-12-5-3-2-4-6-12)23-17(25)22-13-7-9-14(10-8-13)27-18(19,20)21/h2-10,15H,11H2,1H3,(H2,22,23,25)/t15-/m0/s1. The first-order valence-corrected chi connectivity index (χ1v) is 7.82. The number of nitrogens with one attached hydrogen (secondary N) is 2. The monoisotopic (exact) mass is 382 g/mol. The van der Waals surface area contributed by atoms with Crippen molar-refractivity contribution in [1.29, 1.82) is 0 Å². The van der Waals surface area contributed by atoms with Crippen molar-refractivity contribution in [2.24, 2.45) is 0 Å². The second-order valence-electron chi connectivity index (χ2n) is 5.44. The smallest absolute Gasteiger partial charge is 0.467 e. The van der Waals surface area contributed by atoms with Crippen molar-refractivity contribution in [3.8, 4) is 5.75 Å². The maximum Gasteiger partial charge on any atom is 0.573 e. The van der Waals surface area contributed by atoms with Crippen LogP contribution in [0.1, 0.15) is 5.56 Å². The molecule has 0 saturated heterocycles. The lowest BCUT2D eigenvalue weighted by atomic mass is 10.1. The molecular weight excluding hydrogens is 365 g/mol. The van der Waals surface area contributed by atoms with Crippen LogP contribution in [0.4, 0.5) is 23.7 Å². The van der Waals surface area contributed by atoms with E-state index in [0.717, 1.165) is 17.7 Å². The van der Waals surface area contributed by atoms with Gasteiger partial charge in [-0.05, 0) is 29.8 Å². The van der Waals surface area contributed by atoms with Gasteiger partial charge >= 0.3 is 18.4 Å². The number of ether oxygens (including phenoxy) is 2. The van der Waals surface area contributed by atoms with Gasteiger partial charge in [0.25, 0.3) is 0 Å². The molecule has 0 radical (unpaired) electrons. The summed E-state index contributed by atoms with van der Waals surface area (Å²) < 4.78 is 44.9. The molecule has 0 aliphatic heterocycles. The highest BCUT2D eigenvalue weighted by atomic mass is 19.4. The number of alkyl halides is 3. The third-order valence-electron chi connectivity index (χ3n) is 3.42. The largest absolute Gasteiger partial charge is 0.573 e. The molecule has 2 N–H and O–H groups in total. The van der Waals surface area contributed by atoms with Gasteiger partial charge in [0.15, 0.2) is 0 Å². The van der Waals surface area contributed by atoms with E-state index in [1.807, 2.05) is 6.07 Å². The molecule has 0 aliphatic carbocycles. The Morgan fingerprint density at radius 3 is 2.22 bits per heavy atom. The van der Waals surface area contributed by atoms with Gasteiger partial charge < -0.3 is 20.1 Å². The molecule has 2 amide bonds. The fourth-order valence-electron chi connectivity index (χ4n) is 2.25. The minimum Gasteiger partial charge on any atom is -0.467 e. The molecule has 0 saturated carbocycles. The molecule has 6 nitrogen and oxygen atoms in total. The second-order valence-corrected chi connectivity index (χ2v) is 5.44. The maximum atomic E-state index is 12.1. The van der Waals surface area contributed by atoms with Crippen molar-refractivity contribution in [3.05, 3.63) is 60.2 Å². The molecule has 2 rings (SSSR count). The molecule has 0 bridgehead atoms. The van der Waals surface area contributed by atoms with Gasteiger partial charge in [-0.1, -0.05) is 30.3 Å². The molecule has 2 aromatic rings. The summed E-state index contributed by atoms with van der Waals surface area (Å²) in [5.41, 5.74) is 1.05. The van der Waals surface area contributed by atoms with Crippen molar-refractivity contribution in [2.75, 3.05) is 12.4 Å². The number of amides is 2. The Morgan fingerprint density at radius 1 is 1.04 bits per heavy atom. The number of hydrogen-bond acceptors (Lipinski definition) is 4. The highest BCUT2D eigenvalue weighted by molar-refractivity contribution is 5.92. The van der Waals surface area contributed by atoms with Crippen LogP contribution in [0.15, 0.2) is 54.6 Å². The summed E-state index contributed by atoms with van der Waals surface area (Å²) in [6.45, 7) is 0. The summed E-state index contributed by atoms with van der Waals surface area (Å²) >= 11 is 0. The van der Waals surface area contributed by atoms with Gasteiger partial charge in [-0.15, -0.1) is 13.2 Å². The SMILES string of the molecule is COC(=O)[C@H](Cc1ccccc1)NC(=O)Nc1ccc(OC(F)(F)F)cc1. The molecule has 0 spiro atoms. The van der Waals surface area contributed by atoms with Gasteiger partial charge in [0, 0.05) is 12.1 Å². The van der Waals surface area contributed by atoms with Crippen molar-refractivity contribution >= 4 is 17.7 Å². The van der Waals surface area contributed by atoms with E-state index in [2.05, 4.69) is 15.4 Å². The first-order valence-electron chi connectivity index (χ1n) is 7.82. The molecule has 1 atom stereocenters. The topological polar surface area (TPSA) is 76.7 Å². The average molecular weight is 382 g/mol. The Bertz CT molecular complexity index is 764. The first kappa shape index (κ1) is 20.1. The normalized spacial score (nSPS) is 12.0. The van der Waals surface area contributed by atoms with Crippen molar-refractivity contribution in [2.45, 2.75) is 18.8 Å². The van der Waals surface area contributed by atoms with Gasteiger partial charge in [-0.3, -0.25) is 0 Å². The van der Waals surface area contributed by atoms with Crippen LogP contribution in [0.2, 0.25) is 0 Å². The molecule has 0 aliphatic rings. The molecule has 0 unspecified atom stereocenters. The Labute approximate surface area is 153 Å². The highest BCUT2D eigenvalue weighted by Gasteiger charge is 2.31. The van der Waals surface area contributed by atoms with Gasteiger partial charge in [0.1, 0.15) is 11.8 Å². The summed E-state index contributed by atoms with van der Waals surface area (Å²) in [4.78, 5) is 24.0. The van der Waals surface area contributed by atoms with Gasteiger partial charge in [0.2, 0.25) is 0 Å². The first-order chi connectivity index (χ1) is 12.8. The fraction of sp³-hybridized carbons (Fsp3) is 0.222. The number of methoxy groups -OCH3 is 1. The number of urea groups is 1. The average Bonchev–Trinajstić information content (AvgIpc) is 2.62. The van der Waals surface area contributed by atoms with Crippen molar-refractivity contribution < 1.29 is 32.2 Å². The van der Waals surface area contributed by atoms with Crippen LogP contribution < -0.4 is 15.4 Å².